The van der Waals surface area contributed by atoms with Crippen LogP contribution in [0.4, 0.5) is 0 Å². The van der Waals surface area contributed by atoms with Gasteiger partial charge in [0.05, 0.1) is 12.6 Å². The van der Waals surface area contributed by atoms with Gasteiger partial charge in [0.2, 0.25) is 0 Å². The maximum atomic E-state index is 5.44. The summed E-state index contributed by atoms with van der Waals surface area (Å²) in [5, 5.41) is 4.64. The number of fused-ring (bicyclic) bond motifs is 1. The van der Waals surface area contributed by atoms with E-state index in [0.29, 0.717) is 6.04 Å². The Balaban J connectivity index is 2.55. The molecule has 0 aliphatic heterocycles. The zero-order chi connectivity index (χ0) is 13.3. The molecule has 0 amide bonds. The Hall–Kier alpha value is -1.00. The van der Waals surface area contributed by atoms with Crippen LogP contribution < -0.4 is 10.1 Å². The molecular formula is C14H19BrN2O. The molecule has 0 atom stereocenters. The van der Waals surface area contributed by atoms with Crippen LogP contribution in [0.5, 0.6) is 5.75 Å². The van der Waals surface area contributed by atoms with Gasteiger partial charge in [-0.25, -0.2) is 0 Å². The van der Waals surface area contributed by atoms with E-state index in [1.807, 2.05) is 12.1 Å². The van der Waals surface area contributed by atoms with Crippen molar-refractivity contribution in [1.29, 1.82) is 0 Å². The number of methoxy groups -OCH3 is 1. The van der Waals surface area contributed by atoms with Crippen LogP contribution in [-0.4, -0.2) is 17.7 Å². The van der Waals surface area contributed by atoms with Gasteiger partial charge in [-0.15, -0.1) is 0 Å². The molecule has 0 aliphatic rings. The highest BCUT2D eigenvalue weighted by atomic mass is 79.9. The summed E-state index contributed by atoms with van der Waals surface area (Å²) in [6.07, 6.45) is 0. The summed E-state index contributed by atoms with van der Waals surface area (Å²) >= 11 is 3.70. The number of aromatic nitrogens is 1. The van der Waals surface area contributed by atoms with Crippen molar-refractivity contribution < 1.29 is 4.74 Å². The van der Waals surface area contributed by atoms with E-state index in [1.165, 1.54) is 11.1 Å². The first-order valence-corrected chi connectivity index (χ1v) is 6.88. The fourth-order valence-electron chi connectivity index (χ4n) is 2.14. The number of rotatable bonds is 4. The highest BCUT2D eigenvalue weighted by molar-refractivity contribution is 9.10. The standard InChI is InChI=1S/C14H19BrN2O/c1-9(2)16-8-11-13(15)10-6-5-7-12(18-4)14(10)17(11)3/h5-7,9,16H,8H2,1-4H3. The van der Waals surface area contributed by atoms with Crippen LogP contribution >= 0.6 is 15.9 Å². The van der Waals surface area contributed by atoms with E-state index in [0.717, 1.165) is 22.3 Å². The molecule has 4 heteroatoms. The third-order valence-electron chi connectivity index (χ3n) is 3.13. The van der Waals surface area contributed by atoms with Crippen molar-refractivity contribution in [3.8, 4) is 5.75 Å². The quantitative estimate of drug-likeness (QED) is 0.936. The van der Waals surface area contributed by atoms with Gasteiger partial charge in [0.15, 0.2) is 0 Å². The molecule has 0 unspecified atom stereocenters. The molecule has 1 heterocycles. The lowest BCUT2D eigenvalue weighted by Crippen LogP contribution is -2.23. The molecule has 0 bridgehead atoms. The number of ether oxygens (including phenoxy) is 1. The average molecular weight is 311 g/mol. The molecular weight excluding hydrogens is 292 g/mol. The van der Waals surface area contributed by atoms with Gasteiger partial charge in [0.25, 0.3) is 0 Å². The predicted octanol–water partition coefficient (Wildman–Crippen LogP) is 3.45. The maximum Gasteiger partial charge on any atom is 0.143 e. The van der Waals surface area contributed by atoms with Crippen LogP contribution in [0.15, 0.2) is 22.7 Å². The molecule has 2 rings (SSSR count). The zero-order valence-electron chi connectivity index (χ0n) is 11.2. The number of nitrogens with zero attached hydrogens (tertiary/aromatic N) is 1. The van der Waals surface area contributed by atoms with Crippen LogP contribution in [0.3, 0.4) is 0 Å². The number of benzene rings is 1. The molecule has 1 aromatic carbocycles. The molecule has 98 valence electrons. The van der Waals surface area contributed by atoms with Crippen LogP contribution in [0.2, 0.25) is 0 Å². The summed E-state index contributed by atoms with van der Waals surface area (Å²) in [5.41, 5.74) is 2.37. The Morgan fingerprint density at radius 2 is 2.11 bits per heavy atom. The molecule has 1 aromatic heterocycles. The van der Waals surface area contributed by atoms with Crippen molar-refractivity contribution >= 4 is 26.8 Å². The van der Waals surface area contributed by atoms with Gasteiger partial charge in [-0.05, 0) is 22.0 Å². The molecule has 18 heavy (non-hydrogen) atoms. The zero-order valence-corrected chi connectivity index (χ0v) is 12.8. The van der Waals surface area contributed by atoms with E-state index in [2.05, 4.69) is 52.8 Å². The number of hydrogen-bond acceptors (Lipinski definition) is 2. The van der Waals surface area contributed by atoms with E-state index in [-0.39, 0.29) is 0 Å². The van der Waals surface area contributed by atoms with Crippen molar-refractivity contribution in [2.24, 2.45) is 7.05 Å². The van der Waals surface area contributed by atoms with Crippen molar-refractivity contribution in [1.82, 2.24) is 9.88 Å². The number of halogens is 1. The first-order chi connectivity index (χ1) is 8.56. The number of nitrogens with one attached hydrogen (secondary N) is 1. The maximum absolute atomic E-state index is 5.44. The van der Waals surface area contributed by atoms with Gasteiger partial charge in [-0.1, -0.05) is 26.0 Å². The molecule has 0 spiro atoms. The Labute approximate surface area is 116 Å². The summed E-state index contributed by atoms with van der Waals surface area (Å²) in [4.78, 5) is 0. The van der Waals surface area contributed by atoms with Crippen molar-refractivity contribution in [2.75, 3.05) is 7.11 Å². The van der Waals surface area contributed by atoms with Gasteiger partial charge >= 0.3 is 0 Å². The van der Waals surface area contributed by atoms with Crippen molar-refractivity contribution in [3.63, 3.8) is 0 Å². The Morgan fingerprint density at radius 1 is 1.39 bits per heavy atom. The smallest absolute Gasteiger partial charge is 0.143 e. The molecule has 0 radical (unpaired) electrons. The summed E-state index contributed by atoms with van der Waals surface area (Å²) in [7, 11) is 3.79. The van der Waals surface area contributed by atoms with Gasteiger partial charge in [0, 0.05) is 35.2 Å². The van der Waals surface area contributed by atoms with E-state index < -0.39 is 0 Å². The topological polar surface area (TPSA) is 26.2 Å². The SMILES string of the molecule is COc1cccc2c(Br)c(CNC(C)C)n(C)c12. The Kier molecular flexibility index (Phi) is 3.97. The lowest BCUT2D eigenvalue weighted by molar-refractivity contribution is 0.417. The molecule has 0 fully saturated rings. The average Bonchev–Trinajstić information content (AvgIpc) is 2.60. The fraction of sp³-hybridized carbons (Fsp3) is 0.429. The first kappa shape index (κ1) is 13.4. The van der Waals surface area contributed by atoms with Gasteiger partial charge in [-0.2, -0.15) is 0 Å². The molecule has 3 nitrogen and oxygen atoms in total. The monoisotopic (exact) mass is 310 g/mol. The minimum absolute atomic E-state index is 0.469. The summed E-state index contributed by atoms with van der Waals surface area (Å²) in [6, 6.07) is 6.60. The second kappa shape index (κ2) is 5.33. The second-order valence-electron chi connectivity index (χ2n) is 4.71. The highest BCUT2D eigenvalue weighted by Crippen LogP contribution is 2.35. The van der Waals surface area contributed by atoms with Gasteiger partial charge in [-0.3, -0.25) is 0 Å². The van der Waals surface area contributed by atoms with Crippen LogP contribution in [-0.2, 0) is 13.6 Å². The number of para-hydroxylation sites is 1. The molecule has 0 saturated heterocycles. The lowest BCUT2D eigenvalue weighted by atomic mass is 10.2. The number of hydrogen-bond donors (Lipinski definition) is 1. The Bertz CT molecular complexity index is 560. The van der Waals surface area contributed by atoms with E-state index in [1.54, 1.807) is 7.11 Å². The lowest BCUT2D eigenvalue weighted by Gasteiger charge is -2.10. The third kappa shape index (κ3) is 2.27. The Morgan fingerprint density at radius 3 is 2.72 bits per heavy atom. The van der Waals surface area contributed by atoms with Gasteiger partial charge in [0.1, 0.15) is 5.75 Å². The van der Waals surface area contributed by atoms with Crippen LogP contribution in [0.25, 0.3) is 10.9 Å². The second-order valence-corrected chi connectivity index (χ2v) is 5.50. The minimum Gasteiger partial charge on any atom is -0.495 e. The predicted molar refractivity (Wildman–Crippen MR) is 79.1 cm³/mol. The van der Waals surface area contributed by atoms with E-state index in [9.17, 15) is 0 Å². The molecule has 1 N–H and O–H groups in total. The summed E-state index contributed by atoms with van der Waals surface area (Å²) in [5.74, 6) is 0.909. The molecule has 0 saturated carbocycles. The summed E-state index contributed by atoms with van der Waals surface area (Å²) < 4.78 is 8.77. The van der Waals surface area contributed by atoms with Crippen molar-refractivity contribution in [2.45, 2.75) is 26.4 Å². The first-order valence-electron chi connectivity index (χ1n) is 6.09. The van der Waals surface area contributed by atoms with Crippen LogP contribution in [0.1, 0.15) is 19.5 Å². The normalized spacial score (nSPS) is 11.4. The van der Waals surface area contributed by atoms with E-state index in [4.69, 9.17) is 4.74 Å². The van der Waals surface area contributed by atoms with Gasteiger partial charge < -0.3 is 14.6 Å². The summed E-state index contributed by atoms with van der Waals surface area (Å²) in [6.45, 7) is 5.14. The third-order valence-corrected chi connectivity index (χ3v) is 4.01. The molecule has 2 aromatic rings. The minimum atomic E-state index is 0.469. The van der Waals surface area contributed by atoms with Crippen LogP contribution in [0, 0.1) is 0 Å². The highest BCUT2D eigenvalue weighted by Gasteiger charge is 2.15. The number of aryl methyl sites for hydroxylation is 1. The fourth-order valence-corrected chi connectivity index (χ4v) is 2.87. The molecule has 0 aliphatic carbocycles. The van der Waals surface area contributed by atoms with E-state index >= 15 is 0 Å². The largest absolute Gasteiger partial charge is 0.495 e. The van der Waals surface area contributed by atoms with Crippen molar-refractivity contribution in [3.05, 3.63) is 28.4 Å².